The summed E-state index contributed by atoms with van der Waals surface area (Å²) in [6, 6.07) is 5.06. The van der Waals surface area contributed by atoms with Crippen molar-refractivity contribution in [3.8, 4) is 6.07 Å². The molecule has 0 bridgehead atoms. The summed E-state index contributed by atoms with van der Waals surface area (Å²) in [5.41, 5.74) is 0.790. The number of aryl methyl sites for hydroxylation is 1. The van der Waals surface area contributed by atoms with Gasteiger partial charge < -0.3 is 10.4 Å². The zero-order valence-electron chi connectivity index (χ0n) is 11.4. The predicted molar refractivity (Wildman–Crippen MR) is 74.1 cm³/mol. The van der Waals surface area contributed by atoms with Crippen molar-refractivity contribution in [3.63, 3.8) is 0 Å². The minimum atomic E-state index is -3.91. The van der Waals surface area contributed by atoms with E-state index in [1.165, 1.54) is 18.2 Å². The number of sulfonamides is 1. The average molecular weight is 309 g/mol. The Kier molecular flexibility index (Phi) is 4.27. The van der Waals surface area contributed by atoms with Gasteiger partial charge in [-0.2, -0.15) is 9.57 Å². The maximum atomic E-state index is 12.7. The van der Waals surface area contributed by atoms with Crippen LogP contribution in [-0.4, -0.2) is 49.5 Å². The zero-order valence-corrected chi connectivity index (χ0v) is 12.2. The number of piperazine rings is 1. The fraction of sp³-hybridized carbons (Fsp3) is 0.385. The zero-order chi connectivity index (χ0) is 15.6. The number of hydrogen-bond acceptors (Lipinski definition) is 5. The molecule has 0 amide bonds. The molecule has 0 saturated carbocycles. The van der Waals surface area contributed by atoms with Crippen molar-refractivity contribution in [2.75, 3.05) is 19.6 Å². The normalized spacial score (nSPS) is 19.9. The van der Waals surface area contributed by atoms with Gasteiger partial charge in [-0.15, -0.1) is 0 Å². The SMILES string of the molecule is Cc1cc(C#N)ccc1S(=O)(=O)N1CCNCC1C(=O)O. The lowest BCUT2D eigenvalue weighted by Crippen LogP contribution is -2.56. The van der Waals surface area contributed by atoms with Crippen molar-refractivity contribution < 1.29 is 18.3 Å². The summed E-state index contributed by atoms with van der Waals surface area (Å²) in [6.07, 6.45) is 0. The van der Waals surface area contributed by atoms with E-state index in [0.717, 1.165) is 4.31 Å². The Labute approximate surface area is 122 Å². The number of carboxylic acid groups (broad SMARTS) is 1. The van der Waals surface area contributed by atoms with Gasteiger partial charge in [0.2, 0.25) is 10.0 Å². The van der Waals surface area contributed by atoms with Crippen LogP contribution in [0.15, 0.2) is 23.1 Å². The van der Waals surface area contributed by atoms with Crippen molar-refractivity contribution in [2.24, 2.45) is 0 Å². The second-order valence-electron chi connectivity index (χ2n) is 4.77. The molecule has 1 fully saturated rings. The molecule has 2 rings (SSSR count). The molecular weight excluding hydrogens is 294 g/mol. The number of nitrogens with one attached hydrogen (secondary N) is 1. The molecule has 0 aromatic heterocycles. The van der Waals surface area contributed by atoms with Crippen LogP contribution in [0.1, 0.15) is 11.1 Å². The summed E-state index contributed by atoms with van der Waals surface area (Å²) < 4.78 is 26.3. The highest BCUT2D eigenvalue weighted by molar-refractivity contribution is 7.89. The van der Waals surface area contributed by atoms with E-state index in [1.807, 2.05) is 6.07 Å². The van der Waals surface area contributed by atoms with Crippen LogP contribution in [0.4, 0.5) is 0 Å². The minimum absolute atomic E-state index is 0.0367. The van der Waals surface area contributed by atoms with Gasteiger partial charge in [0.15, 0.2) is 0 Å². The Balaban J connectivity index is 2.46. The third-order valence-corrected chi connectivity index (χ3v) is 5.44. The van der Waals surface area contributed by atoms with Crippen LogP contribution in [-0.2, 0) is 14.8 Å². The van der Waals surface area contributed by atoms with Crippen molar-refractivity contribution in [3.05, 3.63) is 29.3 Å². The Morgan fingerprint density at radius 2 is 2.24 bits per heavy atom. The lowest BCUT2D eigenvalue weighted by molar-refractivity contribution is -0.141. The quantitative estimate of drug-likeness (QED) is 0.807. The lowest BCUT2D eigenvalue weighted by atomic mass is 10.2. The van der Waals surface area contributed by atoms with E-state index in [0.29, 0.717) is 17.7 Å². The number of hydrogen-bond donors (Lipinski definition) is 2. The number of aliphatic carboxylic acids is 1. The Hall–Kier alpha value is -1.95. The third-order valence-electron chi connectivity index (χ3n) is 3.37. The maximum Gasteiger partial charge on any atom is 0.323 e. The molecule has 1 aliphatic rings. The Morgan fingerprint density at radius 1 is 1.52 bits per heavy atom. The van der Waals surface area contributed by atoms with Crippen molar-refractivity contribution in [1.82, 2.24) is 9.62 Å². The van der Waals surface area contributed by atoms with Gasteiger partial charge in [0.05, 0.1) is 16.5 Å². The topological polar surface area (TPSA) is 111 Å². The van der Waals surface area contributed by atoms with E-state index in [-0.39, 0.29) is 18.0 Å². The van der Waals surface area contributed by atoms with Crippen LogP contribution in [0.25, 0.3) is 0 Å². The predicted octanol–water partition coefficient (Wildman–Crippen LogP) is -0.0862. The lowest BCUT2D eigenvalue weighted by Gasteiger charge is -2.32. The second kappa shape index (κ2) is 5.81. The van der Waals surface area contributed by atoms with E-state index >= 15 is 0 Å². The summed E-state index contributed by atoms with van der Waals surface area (Å²) in [4.78, 5) is 11.3. The molecule has 112 valence electrons. The van der Waals surface area contributed by atoms with Crippen molar-refractivity contribution >= 4 is 16.0 Å². The number of carbonyl (C=O) groups is 1. The first-order valence-corrected chi connectivity index (χ1v) is 7.78. The molecule has 2 N–H and O–H groups in total. The van der Waals surface area contributed by atoms with E-state index in [9.17, 15) is 18.3 Å². The summed E-state index contributed by atoms with van der Waals surface area (Å²) in [5, 5.41) is 20.9. The van der Waals surface area contributed by atoms with Gasteiger partial charge in [-0.05, 0) is 30.7 Å². The summed E-state index contributed by atoms with van der Waals surface area (Å²) in [6.45, 7) is 2.16. The van der Waals surface area contributed by atoms with Crippen LogP contribution < -0.4 is 5.32 Å². The van der Waals surface area contributed by atoms with Crippen LogP contribution >= 0.6 is 0 Å². The van der Waals surface area contributed by atoms with Crippen LogP contribution in [0, 0.1) is 18.3 Å². The molecule has 1 aromatic rings. The van der Waals surface area contributed by atoms with Crippen LogP contribution in [0.3, 0.4) is 0 Å². The van der Waals surface area contributed by atoms with Gasteiger partial charge in [0.25, 0.3) is 0 Å². The third kappa shape index (κ3) is 2.90. The first kappa shape index (κ1) is 15.4. The number of nitrogens with zero attached hydrogens (tertiary/aromatic N) is 2. The molecule has 0 aliphatic carbocycles. The smallest absolute Gasteiger partial charge is 0.323 e. The summed E-state index contributed by atoms with van der Waals surface area (Å²) >= 11 is 0. The van der Waals surface area contributed by atoms with Gasteiger partial charge in [0, 0.05) is 19.6 Å². The first-order chi connectivity index (χ1) is 9.87. The maximum absolute atomic E-state index is 12.7. The molecule has 1 aliphatic heterocycles. The molecular formula is C13H15N3O4S. The molecule has 7 nitrogen and oxygen atoms in total. The summed E-state index contributed by atoms with van der Waals surface area (Å²) in [5.74, 6) is -1.18. The second-order valence-corrected chi connectivity index (χ2v) is 6.62. The number of benzene rings is 1. The van der Waals surface area contributed by atoms with Crippen LogP contribution in [0.2, 0.25) is 0 Å². The minimum Gasteiger partial charge on any atom is -0.480 e. The fourth-order valence-electron chi connectivity index (χ4n) is 2.32. The molecule has 0 spiro atoms. The van der Waals surface area contributed by atoms with E-state index in [2.05, 4.69) is 5.32 Å². The highest BCUT2D eigenvalue weighted by Gasteiger charge is 2.38. The number of nitriles is 1. The van der Waals surface area contributed by atoms with Crippen LogP contribution in [0.5, 0.6) is 0 Å². The molecule has 1 unspecified atom stereocenters. The largest absolute Gasteiger partial charge is 0.480 e. The van der Waals surface area contributed by atoms with E-state index in [4.69, 9.17) is 5.26 Å². The number of carboxylic acids is 1. The summed E-state index contributed by atoms with van der Waals surface area (Å²) in [7, 11) is -3.91. The van der Waals surface area contributed by atoms with E-state index in [1.54, 1.807) is 6.92 Å². The first-order valence-electron chi connectivity index (χ1n) is 6.34. The molecule has 1 heterocycles. The molecule has 1 aromatic carbocycles. The van der Waals surface area contributed by atoms with Gasteiger partial charge in [-0.3, -0.25) is 4.79 Å². The Bertz CT molecular complexity index is 709. The molecule has 1 atom stereocenters. The van der Waals surface area contributed by atoms with Gasteiger partial charge in [-0.1, -0.05) is 0 Å². The van der Waals surface area contributed by atoms with Crippen molar-refractivity contribution in [2.45, 2.75) is 17.9 Å². The number of rotatable bonds is 3. The average Bonchev–Trinajstić information content (AvgIpc) is 2.46. The molecule has 8 heteroatoms. The molecule has 21 heavy (non-hydrogen) atoms. The highest BCUT2D eigenvalue weighted by atomic mass is 32.2. The van der Waals surface area contributed by atoms with Crippen molar-refractivity contribution in [1.29, 1.82) is 5.26 Å². The standard InChI is InChI=1S/C13H15N3O4S/c1-9-6-10(7-14)2-3-12(9)21(19,20)16-5-4-15-8-11(16)13(17)18/h2-3,6,11,15H,4-5,8H2,1H3,(H,17,18). The van der Waals surface area contributed by atoms with Gasteiger partial charge in [-0.25, -0.2) is 8.42 Å². The highest BCUT2D eigenvalue weighted by Crippen LogP contribution is 2.23. The molecule has 0 radical (unpaired) electrons. The van der Waals surface area contributed by atoms with Gasteiger partial charge >= 0.3 is 5.97 Å². The Morgan fingerprint density at radius 3 is 2.81 bits per heavy atom. The molecule has 1 saturated heterocycles. The van der Waals surface area contributed by atoms with E-state index < -0.39 is 22.0 Å². The monoisotopic (exact) mass is 309 g/mol. The van der Waals surface area contributed by atoms with Gasteiger partial charge in [0.1, 0.15) is 6.04 Å². The fourth-order valence-corrected chi connectivity index (χ4v) is 4.11.